The lowest BCUT2D eigenvalue weighted by molar-refractivity contribution is -0.114. The molecule has 4 nitrogen and oxygen atoms in total. The minimum atomic E-state index is -0.305. The number of H-pyrrole nitrogens is 1. The number of hydrogen-bond acceptors (Lipinski definition) is 2. The molecule has 0 spiro atoms. The zero-order valence-electron chi connectivity index (χ0n) is 11.9. The van der Waals surface area contributed by atoms with E-state index < -0.39 is 0 Å². The zero-order chi connectivity index (χ0) is 15.5. The summed E-state index contributed by atoms with van der Waals surface area (Å²) in [7, 11) is 0. The van der Waals surface area contributed by atoms with E-state index in [-0.39, 0.29) is 11.7 Å². The van der Waals surface area contributed by atoms with Gasteiger partial charge in [-0.05, 0) is 24.3 Å². The predicted octanol–water partition coefficient (Wildman–Crippen LogP) is 3.84. The number of anilines is 1. The van der Waals surface area contributed by atoms with Crippen LogP contribution in [0.2, 0.25) is 0 Å². The van der Waals surface area contributed by atoms with Crippen LogP contribution >= 0.6 is 0 Å². The van der Waals surface area contributed by atoms with E-state index in [9.17, 15) is 9.18 Å². The number of imidazole rings is 1. The third-order valence-corrected chi connectivity index (χ3v) is 3.18. The van der Waals surface area contributed by atoms with Crippen molar-refractivity contribution in [3.63, 3.8) is 0 Å². The molecule has 3 rings (SSSR count). The Labute approximate surface area is 127 Å². The fourth-order valence-electron chi connectivity index (χ4n) is 2.19. The summed E-state index contributed by atoms with van der Waals surface area (Å²) in [6, 6.07) is 15.6. The van der Waals surface area contributed by atoms with E-state index in [1.165, 1.54) is 19.1 Å². The van der Waals surface area contributed by atoms with Gasteiger partial charge in [0.15, 0.2) is 5.82 Å². The highest BCUT2D eigenvalue weighted by molar-refractivity contribution is 5.92. The van der Waals surface area contributed by atoms with Crippen LogP contribution in [0.5, 0.6) is 0 Å². The Hall–Kier alpha value is -2.95. The molecule has 0 aliphatic heterocycles. The van der Waals surface area contributed by atoms with Crippen molar-refractivity contribution in [2.24, 2.45) is 0 Å². The van der Waals surface area contributed by atoms with Crippen LogP contribution in [-0.4, -0.2) is 15.9 Å². The molecule has 0 unspecified atom stereocenters. The predicted molar refractivity (Wildman–Crippen MR) is 83.7 cm³/mol. The number of benzene rings is 2. The largest absolute Gasteiger partial charge is 0.336 e. The van der Waals surface area contributed by atoms with Gasteiger partial charge in [-0.25, -0.2) is 9.37 Å². The summed E-state index contributed by atoms with van der Waals surface area (Å²) in [6.45, 7) is 1.43. The van der Waals surface area contributed by atoms with E-state index in [4.69, 9.17) is 0 Å². The summed E-state index contributed by atoms with van der Waals surface area (Å²) in [4.78, 5) is 19.0. The van der Waals surface area contributed by atoms with Gasteiger partial charge in [0.05, 0.1) is 5.69 Å². The first-order valence-corrected chi connectivity index (χ1v) is 6.82. The molecule has 1 amide bonds. The van der Waals surface area contributed by atoms with Crippen LogP contribution in [0.1, 0.15) is 6.92 Å². The van der Waals surface area contributed by atoms with Gasteiger partial charge in [0, 0.05) is 18.1 Å². The number of halogens is 1. The van der Waals surface area contributed by atoms with Crippen molar-refractivity contribution < 1.29 is 9.18 Å². The van der Waals surface area contributed by atoms with E-state index in [0.717, 1.165) is 16.8 Å². The maximum atomic E-state index is 13.0. The second-order valence-electron chi connectivity index (χ2n) is 4.86. The van der Waals surface area contributed by atoms with Crippen molar-refractivity contribution in [3.05, 3.63) is 60.4 Å². The maximum Gasteiger partial charge on any atom is 0.222 e. The van der Waals surface area contributed by atoms with Gasteiger partial charge >= 0.3 is 0 Å². The minimum absolute atomic E-state index is 0.200. The van der Waals surface area contributed by atoms with Gasteiger partial charge in [-0.3, -0.25) is 4.79 Å². The van der Waals surface area contributed by atoms with Crippen LogP contribution in [0.15, 0.2) is 54.6 Å². The van der Waals surface area contributed by atoms with Crippen molar-refractivity contribution >= 4 is 11.7 Å². The topological polar surface area (TPSA) is 57.8 Å². The molecule has 2 aromatic carbocycles. The molecule has 0 aliphatic rings. The summed E-state index contributed by atoms with van der Waals surface area (Å²) in [6.07, 6.45) is 0. The van der Waals surface area contributed by atoms with Gasteiger partial charge in [-0.1, -0.05) is 30.3 Å². The highest BCUT2D eigenvalue weighted by Crippen LogP contribution is 2.29. The molecule has 1 heterocycles. The molecule has 3 aromatic rings. The third-order valence-electron chi connectivity index (χ3n) is 3.18. The van der Waals surface area contributed by atoms with Gasteiger partial charge < -0.3 is 10.3 Å². The van der Waals surface area contributed by atoms with Crippen molar-refractivity contribution in [3.8, 4) is 22.6 Å². The quantitative estimate of drug-likeness (QED) is 0.771. The number of carbonyl (C=O) groups excluding carboxylic acids is 1. The first kappa shape index (κ1) is 14.0. The lowest BCUT2D eigenvalue weighted by Crippen LogP contribution is -2.07. The molecular formula is C17H14FN3O. The van der Waals surface area contributed by atoms with E-state index >= 15 is 0 Å². The van der Waals surface area contributed by atoms with Crippen LogP contribution in [0, 0.1) is 5.82 Å². The molecule has 110 valence electrons. The Morgan fingerprint density at radius 1 is 1.05 bits per heavy atom. The van der Waals surface area contributed by atoms with E-state index in [0.29, 0.717) is 11.6 Å². The van der Waals surface area contributed by atoms with Crippen LogP contribution in [-0.2, 0) is 4.79 Å². The number of nitrogens with zero attached hydrogens (tertiary/aromatic N) is 1. The summed E-state index contributed by atoms with van der Waals surface area (Å²) >= 11 is 0. The molecule has 2 N–H and O–H groups in total. The van der Waals surface area contributed by atoms with Gasteiger partial charge in [-0.15, -0.1) is 0 Å². The molecule has 0 saturated carbocycles. The summed E-state index contributed by atoms with van der Waals surface area (Å²) < 4.78 is 13.0. The number of aromatic amines is 1. The summed E-state index contributed by atoms with van der Waals surface area (Å²) in [5, 5.41) is 2.72. The Kier molecular flexibility index (Phi) is 3.70. The molecule has 0 bridgehead atoms. The number of hydrogen-bond donors (Lipinski definition) is 2. The number of carbonyl (C=O) groups is 1. The lowest BCUT2D eigenvalue weighted by Gasteiger charge is -2.02. The standard InChI is InChI=1S/C17H14FN3O/c1-11(22)19-17-15(12-5-3-2-4-6-12)20-16(21-17)13-7-9-14(18)10-8-13/h2-10H,1H3,(H,19,22)(H,20,21). The Morgan fingerprint density at radius 2 is 1.73 bits per heavy atom. The molecule has 0 radical (unpaired) electrons. The summed E-state index contributed by atoms with van der Waals surface area (Å²) in [5.74, 6) is 0.524. The fraction of sp³-hybridized carbons (Fsp3) is 0.0588. The number of amides is 1. The Balaban J connectivity index is 2.08. The number of nitrogens with one attached hydrogen (secondary N) is 2. The fourth-order valence-corrected chi connectivity index (χ4v) is 2.19. The van der Waals surface area contributed by atoms with Crippen LogP contribution < -0.4 is 5.32 Å². The highest BCUT2D eigenvalue weighted by Gasteiger charge is 2.14. The van der Waals surface area contributed by atoms with Crippen LogP contribution in [0.25, 0.3) is 22.6 Å². The van der Waals surface area contributed by atoms with E-state index in [1.807, 2.05) is 30.3 Å². The van der Waals surface area contributed by atoms with Crippen molar-refractivity contribution in [1.82, 2.24) is 9.97 Å². The molecule has 0 aliphatic carbocycles. The molecule has 0 saturated heterocycles. The van der Waals surface area contributed by atoms with E-state index in [2.05, 4.69) is 15.3 Å². The number of rotatable bonds is 3. The van der Waals surface area contributed by atoms with Gasteiger partial charge in [-0.2, -0.15) is 0 Å². The smallest absolute Gasteiger partial charge is 0.222 e. The van der Waals surface area contributed by atoms with Gasteiger partial charge in [0.1, 0.15) is 11.6 Å². The zero-order valence-corrected chi connectivity index (χ0v) is 11.9. The monoisotopic (exact) mass is 295 g/mol. The SMILES string of the molecule is CC(=O)Nc1nc(-c2ccc(F)cc2)[nH]c1-c1ccccc1. The average molecular weight is 295 g/mol. The first-order valence-electron chi connectivity index (χ1n) is 6.82. The molecule has 22 heavy (non-hydrogen) atoms. The number of aromatic nitrogens is 2. The Bertz CT molecular complexity index is 795. The second kappa shape index (κ2) is 5.81. The van der Waals surface area contributed by atoms with Crippen molar-refractivity contribution in [2.45, 2.75) is 6.92 Å². The Morgan fingerprint density at radius 3 is 2.36 bits per heavy atom. The van der Waals surface area contributed by atoms with Gasteiger partial charge in [0.25, 0.3) is 0 Å². The maximum absolute atomic E-state index is 13.0. The molecule has 0 fully saturated rings. The highest BCUT2D eigenvalue weighted by atomic mass is 19.1. The van der Waals surface area contributed by atoms with Gasteiger partial charge in [0.2, 0.25) is 5.91 Å². The third kappa shape index (κ3) is 2.88. The molecule has 0 atom stereocenters. The molecule has 5 heteroatoms. The van der Waals surface area contributed by atoms with Crippen LogP contribution in [0.4, 0.5) is 10.2 Å². The average Bonchev–Trinajstić information content (AvgIpc) is 2.92. The molecular weight excluding hydrogens is 281 g/mol. The van der Waals surface area contributed by atoms with E-state index in [1.54, 1.807) is 12.1 Å². The van der Waals surface area contributed by atoms with Crippen LogP contribution in [0.3, 0.4) is 0 Å². The van der Waals surface area contributed by atoms with Crippen molar-refractivity contribution in [1.29, 1.82) is 0 Å². The second-order valence-corrected chi connectivity index (χ2v) is 4.86. The van der Waals surface area contributed by atoms with Crippen molar-refractivity contribution in [2.75, 3.05) is 5.32 Å². The summed E-state index contributed by atoms with van der Waals surface area (Å²) in [5.41, 5.74) is 2.37. The lowest BCUT2D eigenvalue weighted by atomic mass is 10.1. The first-order chi connectivity index (χ1) is 10.6. The minimum Gasteiger partial charge on any atom is -0.336 e. The normalized spacial score (nSPS) is 10.5. The molecule has 1 aromatic heterocycles.